The third-order valence-corrected chi connectivity index (χ3v) is 8.00. The molecule has 0 aliphatic heterocycles. The number of hydrogen-bond donors (Lipinski definition) is 0. The first-order valence-corrected chi connectivity index (χ1v) is 14.9. The average Bonchev–Trinajstić information content (AvgIpc) is 3.12. The van der Waals surface area contributed by atoms with Crippen molar-refractivity contribution in [2.24, 2.45) is 0 Å². The number of nitrogens with zero attached hydrogens (tertiary/aromatic N) is 2. The van der Waals surface area contributed by atoms with Gasteiger partial charge in [-0.25, -0.2) is 0 Å². The Morgan fingerprint density at radius 1 is 0.413 bits per heavy atom. The van der Waals surface area contributed by atoms with Gasteiger partial charge in [-0.15, -0.1) is 11.1 Å². The molecular formula is C42H26N2OPt. The Morgan fingerprint density at radius 2 is 0.826 bits per heavy atom. The van der Waals surface area contributed by atoms with Crippen molar-refractivity contribution in [3.63, 3.8) is 0 Å². The largest absolute Gasteiger partial charge is 2.00 e. The van der Waals surface area contributed by atoms with E-state index in [0.717, 1.165) is 66.3 Å². The second-order valence-corrected chi connectivity index (χ2v) is 10.9. The van der Waals surface area contributed by atoms with Gasteiger partial charge in [-0.05, 0) is 45.8 Å². The summed E-state index contributed by atoms with van der Waals surface area (Å²) in [5.74, 6) is 1.19. The van der Waals surface area contributed by atoms with E-state index in [2.05, 4.69) is 72.8 Å². The summed E-state index contributed by atoms with van der Waals surface area (Å²) in [5.41, 5.74) is 7.93. The van der Waals surface area contributed by atoms with E-state index < -0.39 is 0 Å². The summed E-state index contributed by atoms with van der Waals surface area (Å²) in [6.07, 6.45) is 3.71. The van der Waals surface area contributed by atoms with Crippen molar-refractivity contribution in [2.45, 2.75) is 0 Å². The molecule has 0 N–H and O–H groups in total. The molecule has 6 aromatic carbocycles. The summed E-state index contributed by atoms with van der Waals surface area (Å²) in [6.45, 7) is 0. The van der Waals surface area contributed by atoms with Crippen molar-refractivity contribution >= 4 is 21.5 Å². The molecule has 0 atom stereocenters. The van der Waals surface area contributed by atoms with Crippen LogP contribution in [0.5, 0.6) is 11.5 Å². The van der Waals surface area contributed by atoms with Crippen LogP contribution in [0.4, 0.5) is 0 Å². The van der Waals surface area contributed by atoms with Crippen LogP contribution in [0.25, 0.3) is 66.3 Å². The van der Waals surface area contributed by atoms with Gasteiger partial charge in [0.05, 0.1) is 0 Å². The molecule has 8 rings (SSSR count). The molecule has 3 nitrogen and oxygen atoms in total. The first kappa shape index (κ1) is 29.3. The van der Waals surface area contributed by atoms with E-state index in [0.29, 0.717) is 11.5 Å². The van der Waals surface area contributed by atoms with Gasteiger partial charge in [0, 0.05) is 23.9 Å². The van der Waals surface area contributed by atoms with Crippen molar-refractivity contribution in [3.8, 4) is 56.3 Å². The molecule has 0 aliphatic carbocycles. The predicted molar refractivity (Wildman–Crippen MR) is 183 cm³/mol. The minimum atomic E-state index is 0. The Labute approximate surface area is 282 Å². The molecule has 0 amide bonds. The van der Waals surface area contributed by atoms with Crippen LogP contribution in [0.3, 0.4) is 0 Å². The smallest absolute Gasteiger partial charge is 0.497 e. The first-order chi connectivity index (χ1) is 22.3. The van der Waals surface area contributed by atoms with E-state index in [1.807, 2.05) is 97.3 Å². The van der Waals surface area contributed by atoms with Gasteiger partial charge in [-0.1, -0.05) is 167 Å². The van der Waals surface area contributed by atoms with E-state index in [1.165, 1.54) is 0 Å². The number of hydrogen-bond acceptors (Lipinski definition) is 3. The number of ether oxygens (including phenoxy) is 1. The van der Waals surface area contributed by atoms with Crippen LogP contribution in [0.15, 0.2) is 158 Å². The van der Waals surface area contributed by atoms with Gasteiger partial charge >= 0.3 is 21.1 Å². The van der Waals surface area contributed by atoms with Gasteiger partial charge in [0.15, 0.2) is 0 Å². The zero-order valence-electron chi connectivity index (χ0n) is 24.6. The number of benzene rings is 6. The maximum Gasteiger partial charge on any atom is 2.00 e. The fourth-order valence-electron chi connectivity index (χ4n) is 5.82. The average molecular weight is 770 g/mol. The molecule has 2 aromatic heterocycles. The standard InChI is InChI=1S/C42H26N2O.Pt/c1-3-11-29(12-4-1)31-19-21-43-41(25-31)39-27-35(23-33-15-7-9-17-37(33)39)45-36-24-34-16-8-10-18-38(34)40(28-36)42-26-32(20-22-44-42)30-13-5-2-6-14-30;/h1-26H;/q-2;+2. The third-order valence-electron chi connectivity index (χ3n) is 8.00. The Kier molecular flexibility index (Phi) is 8.25. The minimum absolute atomic E-state index is 0. The molecular weight excluding hydrogens is 744 g/mol. The normalized spacial score (nSPS) is 10.9. The predicted octanol–water partition coefficient (Wildman–Crippen LogP) is 10.8. The zero-order chi connectivity index (χ0) is 30.0. The molecule has 0 spiro atoms. The fraction of sp³-hybridized carbons (Fsp3) is 0. The van der Waals surface area contributed by atoms with Crippen LogP contribution in [-0.4, -0.2) is 9.97 Å². The molecule has 2 heterocycles. The molecule has 46 heavy (non-hydrogen) atoms. The topological polar surface area (TPSA) is 35.0 Å². The van der Waals surface area contributed by atoms with Crippen LogP contribution in [0, 0.1) is 12.1 Å². The van der Waals surface area contributed by atoms with Crippen molar-refractivity contribution in [1.29, 1.82) is 0 Å². The molecule has 220 valence electrons. The first-order valence-electron chi connectivity index (χ1n) is 14.9. The summed E-state index contributed by atoms with van der Waals surface area (Å²) in [4.78, 5) is 9.52. The van der Waals surface area contributed by atoms with Gasteiger partial charge < -0.3 is 14.7 Å². The van der Waals surface area contributed by atoms with Crippen molar-refractivity contribution < 1.29 is 25.8 Å². The van der Waals surface area contributed by atoms with Gasteiger partial charge in [0.1, 0.15) is 0 Å². The molecule has 8 aromatic rings. The van der Waals surface area contributed by atoms with Crippen LogP contribution >= 0.6 is 0 Å². The Bertz CT molecular complexity index is 2140. The van der Waals surface area contributed by atoms with Gasteiger partial charge in [0.25, 0.3) is 0 Å². The van der Waals surface area contributed by atoms with Gasteiger partial charge in [-0.2, -0.15) is 0 Å². The maximum atomic E-state index is 6.58. The molecule has 0 aliphatic rings. The monoisotopic (exact) mass is 769 g/mol. The second kappa shape index (κ2) is 12.9. The fourth-order valence-corrected chi connectivity index (χ4v) is 5.82. The molecule has 0 fully saturated rings. The zero-order valence-corrected chi connectivity index (χ0v) is 26.9. The Morgan fingerprint density at radius 3 is 1.28 bits per heavy atom. The SMILES string of the molecule is [Pt+2].[c-]1c(Oc2[c-]c(-c3cc(-c4ccccc4)ccn3)c3ccccc3c2)cc2ccccc2c1-c1cc(-c2ccccc2)ccn1. The summed E-state index contributed by atoms with van der Waals surface area (Å²) in [5, 5.41) is 4.22. The number of fused-ring (bicyclic) bond motifs is 2. The van der Waals surface area contributed by atoms with E-state index in [-0.39, 0.29) is 21.1 Å². The Hall–Kier alpha value is -5.37. The van der Waals surface area contributed by atoms with Crippen LogP contribution in [-0.2, 0) is 21.1 Å². The van der Waals surface area contributed by atoms with Crippen LogP contribution < -0.4 is 4.74 Å². The van der Waals surface area contributed by atoms with E-state index in [1.54, 1.807) is 0 Å². The van der Waals surface area contributed by atoms with E-state index in [4.69, 9.17) is 14.7 Å². The number of pyridine rings is 2. The van der Waals surface area contributed by atoms with Crippen molar-refractivity contribution in [1.82, 2.24) is 9.97 Å². The molecule has 0 saturated heterocycles. The summed E-state index contributed by atoms with van der Waals surface area (Å²) < 4.78 is 6.58. The van der Waals surface area contributed by atoms with Crippen molar-refractivity contribution in [2.75, 3.05) is 0 Å². The van der Waals surface area contributed by atoms with E-state index >= 15 is 0 Å². The maximum absolute atomic E-state index is 6.58. The van der Waals surface area contributed by atoms with Crippen LogP contribution in [0.2, 0.25) is 0 Å². The van der Waals surface area contributed by atoms with Crippen molar-refractivity contribution in [3.05, 3.63) is 170 Å². The molecule has 0 saturated carbocycles. The Balaban J connectivity index is 0.00000338. The van der Waals surface area contributed by atoms with Crippen LogP contribution in [0.1, 0.15) is 0 Å². The summed E-state index contributed by atoms with van der Waals surface area (Å²) in [7, 11) is 0. The minimum Gasteiger partial charge on any atom is -0.497 e. The number of rotatable bonds is 6. The summed E-state index contributed by atoms with van der Waals surface area (Å²) >= 11 is 0. The molecule has 0 radical (unpaired) electrons. The summed E-state index contributed by atoms with van der Waals surface area (Å²) in [6, 6.07) is 56.7. The third kappa shape index (κ3) is 5.86. The van der Waals surface area contributed by atoms with E-state index in [9.17, 15) is 0 Å². The molecule has 4 heteroatoms. The van der Waals surface area contributed by atoms with Gasteiger partial charge in [-0.3, -0.25) is 0 Å². The molecule has 0 bridgehead atoms. The van der Waals surface area contributed by atoms with Gasteiger partial charge in [0.2, 0.25) is 0 Å². The quantitative estimate of drug-likeness (QED) is 0.158. The number of aromatic nitrogens is 2. The second-order valence-electron chi connectivity index (χ2n) is 10.9. The molecule has 0 unspecified atom stereocenters.